The molecule has 1 aromatic rings. The Labute approximate surface area is 185 Å². The summed E-state index contributed by atoms with van der Waals surface area (Å²) in [5, 5.41) is 14.6. The Balaban J connectivity index is 1.72. The minimum atomic E-state index is -3.91. The average molecular weight is 464 g/mol. The van der Waals surface area contributed by atoms with Crippen molar-refractivity contribution in [1.82, 2.24) is 4.31 Å². The molecule has 0 radical (unpaired) electrons. The Morgan fingerprint density at radius 3 is 2.56 bits per heavy atom. The van der Waals surface area contributed by atoms with Crippen molar-refractivity contribution in [3.05, 3.63) is 50.4 Å². The summed E-state index contributed by atoms with van der Waals surface area (Å²) in [7, 11) is -2.60. The van der Waals surface area contributed by atoms with Gasteiger partial charge in [-0.3, -0.25) is 14.9 Å². The lowest BCUT2D eigenvalue weighted by atomic mass is 9.69. The van der Waals surface area contributed by atoms with E-state index in [0.717, 1.165) is 17.1 Å². The summed E-state index contributed by atoms with van der Waals surface area (Å²) in [4.78, 5) is 26.8. The number of sulfonamides is 1. The van der Waals surface area contributed by atoms with Gasteiger partial charge in [-0.2, -0.15) is 0 Å². The standard InChI is InChI=1S/C20H25N5O6S/c1-19(2)13-8-9-20(19)11-32(29,30)24(15(20)10-13)18(26)16(22-23-21)17(31-3)12-4-6-14(7-5-12)25(27)28/h4-7,13,15-17H,8-11H2,1-3H3/t13-,15-,16+,17-,20-/m1/s1. The summed E-state index contributed by atoms with van der Waals surface area (Å²) in [6, 6.07) is 3.36. The van der Waals surface area contributed by atoms with E-state index in [1.165, 1.54) is 31.4 Å². The van der Waals surface area contributed by atoms with E-state index in [1.807, 2.05) is 0 Å². The highest BCUT2D eigenvalue weighted by Crippen LogP contribution is 2.70. The van der Waals surface area contributed by atoms with Gasteiger partial charge in [0.05, 0.1) is 22.8 Å². The number of carbonyl (C=O) groups is 1. The van der Waals surface area contributed by atoms with Gasteiger partial charge in [0.2, 0.25) is 15.9 Å². The van der Waals surface area contributed by atoms with Gasteiger partial charge >= 0.3 is 0 Å². The molecule has 5 atom stereocenters. The van der Waals surface area contributed by atoms with Gasteiger partial charge < -0.3 is 4.74 Å². The summed E-state index contributed by atoms with van der Waals surface area (Å²) in [5.74, 6) is -0.597. The summed E-state index contributed by atoms with van der Waals surface area (Å²) >= 11 is 0. The van der Waals surface area contributed by atoms with Gasteiger partial charge in [-0.15, -0.1) is 0 Å². The zero-order valence-electron chi connectivity index (χ0n) is 18.0. The fourth-order valence-electron chi connectivity index (χ4n) is 6.24. The van der Waals surface area contributed by atoms with Crippen LogP contribution in [0.2, 0.25) is 0 Å². The van der Waals surface area contributed by atoms with Crippen LogP contribution >= 0.6 is 0 Å². The molecule has 1 aromatic carbocycles. The topological polar surface area (TPSA) is 156 Å². The number of hydrogen-bond donors (Lipinski definition) is 0. The first-order valence-electron chi connectivity index (χ1n) is 10.4. The van der Waals surface area contributed by atoms with Gasteiger partial charge in [0.1, 0.15) is 6.04 Å². The van der Waals surface area contributed by atoms with Crippen LogP contribution in [0.5, 0.6) is 0 Å². The second-order valence-corrected chi connectivity index (χ2v) is 11.3. The molecular weight excluding hydrogens is 438 g/mol. The molecule has 0 N–H and O–H groups in total. The fourth-order valence-corrected chi connectivity index (χ4v) is 8.79. The van der Waals surface area contributed by atoms with Gasteiger partial charge in [0.25, 0.3) is 5.69 Å². The number of carbonyl (C=O) groups excluding carboxylic acids is 1. The number of benzene rings is 1. The van der Waals surface area contributed by atoms with E-state index in [0.29, 0.717) is 17.9 Å². The van der Waals surface area contributed by atoms with Crippen molar-refractivity contribution in [2.24, 2.45) is 21.9 Å². The monoisotopic (exact) mass is 463 g/mol. The average Bonchev–Trinajstić information content (AvgIpc) is 3.21. The van der Waals surface area contributed by atoms with Crippen LogP contribution in [0, 0.1) is 26.9 Å². The maximum Gasteiger partial charge on any atom is 0.269 e. The molecule has 1 heterocycles. The third-order valence-electron chi connectivity index (χ3n) is 8.03. The van der Waals surface area contributed by atoms with Gasteiger partial charge in [0.15, 0.2) is 0 Å². The molecule has 2 bridgehead atoms. The number of ether oxygens (including phenoxy) is 1. The number of non-ortho nitro benzene ring substituents is 1. The molecule has 1 aliphatic heterocycles. The van der Waals surface area contributed by atoms with Crippen molar-refractivity contribution in [2.75, 3.05) is 12.9 Å². The van der Waals surface area contributed by atoms with Crippen molar-refractivity contribution in [1.29, 1.82) is 0 Å². The second-order valence-electron chi connectivity index (χ2n) is 9.41. The van der Waals surface area contributed by atoms with E-state index in [4.69, 9.17) is 10.3 Å². The molecule has 3 fully saturated rings. The van der Waals surface area contributed by atoms with Crippen molar-refractivity contribution < 1.29 is 22.9 Å². The number of amides is 1. The van der Waals surface area contributed by atoms with Gasteiger partial charge in [-0.25, -0.2) is 12.7 Å². The Morgan fingerprint density at radius 1 is 1.38 bits per heavy atom. The first-order valence-corrected chi connectivity index (χ1v) is 12.0. The van der Waals surface area contributed by atoms with Crippen molar-refractivity contribution in [3.63, 3.8) is 0 Å². The number of methoxy groups -OCH3 is 1. The van der Waals surface area contributed by atoms with Crippen LogP contribution in [0.1, 0.15) is 44.8 Å². The summed E-state index contributed by atoms with van der Waals surface area (Å²) < 4.78 is 32.8. The largest absolute Gasteiger partial charge is 0.376 e. The van der Waals surface area contributed by atoms with E-state index in [9.17, 15) is 23.3 Å². The molecule has 11 nitrogen and oxygen atoms in total. The van der Waals surface area contributed by atoms with Crippen molar-refractivity contribution >= 4 is 21.6 Å². The van der Waals surface area contributed by atoms with Gasteiger partial charge in [-0.05, 0) is 53.8 Å². The first-order chi connectivity index (χ1) is 15.0. The molecule has 1 saturated heterocycles. The number of fused-ring (bicyclic) bond motifs is 1. The summed E-state index contributed by atoms with van der Waals surface area (Å²) in [5.41, 5.74) is 8.62. The highest BCUT2D eigenvalue weighted by molar-refractivity contribution is 7.90. The molecule has 3 aliphatic rings. The van der Waals surface area contributed by atoms with E-state index < -0.39 is 44.5 Å². The lowest BCUT2D eigenvalue weighted by Gasteiger charge is -2.37. The number of hydrogen-bond acceptors (Lipinski definition) is 7. The Hall–Kier alpha value is -2.69. The lowest BCUT2D eigenvalue weighted by Crippen LogP contribution is -2.48. The van der Waals surface area contributed by atoms with Gasteiger partial charge in [0, 0.05) is 29.6 Å². The molecule has 32 heavy (non-hydrogen) atoms. The van der Waals surface area contributed by atoms with Gasteiger partial charge in [-0.1, -0.05) is 19.0 Å². The van der Waals surface area contributed by atoms with E-state index in [-0.39, 0.29) is 16.9 Å². The maximum absolute atomic E-state index is 13.6. The third kappa shape index (κ3) is 3.01. The quantitative estimate of drug-likeness (QED) is 0.207. The highest BCUT2D eigenvalue weighted by Gasteiger charge is 2.72. The van der Waals surface area contributed by atoms with E-state index in [2.05, 4.69) is 23.9 Å². The molecule has 12 heteroatoms. The van der Waals surface area contributed by atoms with Crippen molar-refractivity contribution in [3.8, 4) is 0 Å². The molecule has 4 rings (SSSR count). The fraction of sp³-hybridized carbons (Fsp3) is 0.650. The minimum absolute atomic E-state index is 0.0991. The molecule has 1 amide bonds. The maximum atomic E-state index is 13.6. The normalized spacial score (nSPS) is 30.9. The van der Waals surface area contributed by atoms with Crippen LogP contribution in [0.15, 0.2) is 29.4 Å². The Bertz CT molecular complexity index is 1110. The number of azide groups is 1. The minimum Gasteiger partial charge on any atom is -0.376 e. The van der Waals surface area contributed by atoms with Crippen LogP contribution in [0.4, 0.5) is 5.69 Å². The molecule has 0 aromatic heterocycles. The predicted octanol–water partition coefficient (Wildman–Crippen LogP) is 3.33. The first kappa shape index (κ1) is 22.5. The Kier molecular flexibility index (Phi) is 5.22. The Morgan fingerprint density at radius 2 is 2.03 bits per heavy atom. The number of nitro benzene ring substituents is 1. The van der Waals surface area contributed by atoms with Crippen molar-refractivity contribution in [2.45, 2.75) is 51.3 Å². The molecule has 172 valence electrons. The number of rotatable bonds is 6. The van der Waals surface area contributed by atoms with Crippen LogP contribution in [0.25, 0.3) is 10.4 Å². The van der Waals surface area contributed by atoms with Crippen LogP contribution in [-0.2, 0) is 19.6 Å². The van der Waals surface area contributed by atoms with E-state index in [1.54, 1.807) is 0 Å². The molecular formula is C20H25N5O6S. The third-order valence-corrected chi connectivity index (χ3v) is 9.94. The summed E-state index contributed by atoms with van der Waals surface area (Å²) in [6.45, 7) is 4.15. The van der Waals surface area contributed by atoms with Crippen LogP contribution in [-0.4, -0.2) is 48.5 Å². The summed E-state index contributed by atoms with van der Waals surface area (Å²) in [6.07, 6.45) is 1.17. The highest BCUT2D eigenvalue weighted by atomic mass is 32.2. The number of nitrogens with zero attached hydrogens (tertiary/aromatic N) is 5. The number of nitro groups is 1. The SMILES string of the molecule is CO[C@H](c1ccc([N+](=O)[O-])cc1)[C@H](N=[N+]=[N-])C(=O)N1[C@@H]2C[C@H]3CC[C@]2(CS1(=O)=O)C3(C)C. The second kappa shape index (κ2) is 7.43. The molecule has 2 aliphatic carbocycles. The van der Waals surface area contributed by atoms with Crippen LogP contribution < -0.4 is 0 Å². The zero-order chi connectivity index (χ0) is 23.5. The molecule has 2 saturated carbocycles. The molecule has 1 spiro atoms. The smallest absolute Gasteiger partial charge is 0.269 e. The molecule has 0 unspecified atom stereocenters. The zero-order valence-corrected chi connectivity index (χ0v) is 18.9. The lowest BCUT2D eigenvalue weighted by molar-refractivity contribution is -0.384. The van der Waals surface area contributed by atoms with E-state index >= 15 is 0 Å². The van der Waals surface area contributed by atoms with Crippen LogP contribution in [0.3, 0.4) is 0 Å². The predicted molar refractivity (Wildman–Crippen MR) is 114 cm³/mol.